The number of nitrogens with zero attached hydrogens (tertiary/aromatic N) is 3. The maximum Gasteiger partial charge on any atom is 0.331 e. The van der Waals surface area contributed by atoms with Gasteiger partial charge in [0, 0.05) is 24.7 Å². The van der Waals surface area contributed by atoms with Crippen LogP contribution in [0.15, 0.2) is 82.4 Å². The molecule has 1 atom stereocenters. The second-order valence-electron chi connectivity index (χ2n) is 8.84. The van der Waals surface area contributed by atoms with Crippen LogP contribution in [0.3, 0.4) is 0 Å². The highest BCUT2D eigenvalue weighted by atomic mass is 35.5. The number of benzene rings is 3. The van der Waals surface area contributed by atoms with Crippen LogP contribution in [0.4, 0.5) is 0 Å². The van der Waals surface area contributed by atoms with Crippen molar-refractivity contribution in [1.82, 2.24) is 14.0 Å². The van der Waals surface area contributed by atoms with Crippen LogP contribution in [-0.2, 0) is 26.1 Å². The zero-order valence-electron chi connectivity index (χ0n) is 18.7. The average molecular weight is 476 g/mol. The highest BCUT2D eigenvalue weighted by Gasteiger charge is 2.21. The Morgan fingerprint density at radius 2 is 1.56 bits per heavy atom. The molecule has 3 aromatic carbocycles. The Kier molecular flexibility index (Phi) is 6.37. The van der Waals surface area contributed by atoms with Gasteiger partial charge in [-0.2, -0.15) is 0 Å². The topological polar surface area (TPSA) is 67.5 Å². The lowest BCUT2D eigenvalue weighted by Gasteiger charge is -2.30. The van der Waals surface area contributed by atoms with Gasteiger partial charge in [-0.1, -0.05) is 60.1 Å². The number of aliphatic hydroxyl groups excluding tert-OH is 1. The van der Waals surface area contributed by atoms with Crippen molar-refractivity contribution in [3.63, 3.8) is 0 Å². The van der Waals surface area contributed by atoms with E-state index >= 15 is 0 Å². The first-order valence-corrected chi connectivity index (χ1v) is 11.8. The van der Waals surface area contributed by atoms with Crippen molar-refractivity contribution in [2.24, 2.45) is 0 Å². The number of halogens is 1. The zero-order chi connectivity index (χ0) is 23.7. The molecule has 1 aliphatic heterocycles. The fourth-order valence-electron chi connectivity index (χ4n) is 4.73. The van der Waals surface area contributed by atoms with Gasteiger partial charge in [0.15, 0.2) is 0 Å². The molecule has 0 radical (unpaired) electrons. The molecule has 1 unspecified atom stereocenters. The van der Waals surface area contributed by atoms with E-state index in [1.54, 1.807) is 34.9 Å². The van der Waals surface area contributed by atoms with Gasteiger partial charge in [-0.15, -0.1) is 0 Å². The van der Waals surface area contributed by atoms with E-state index in [4.69, 9.17) is 11.6 Å². The summed E-state index contributed by atoms with van der Waals surface area (Å²) in [6.45, 7) is 2.23. The monoisotopic (exact) mass is 475 g/mol. The summed E-state index contributed by atoms with van der Waals surface area (Å²) in [5.74, 6) is 0. The minimum absolute atomic E-state index is 0.0543. The molecule has 0 saturated heterocycles. The Bertz CT molecular complexity index is 1440. The number of aromatic nitrogens is 2. The summed E-state index contributed by atoms with van der Waals surface area (Å²) in [5.41, 5.74) is 3.26. The largest absolute Gasteiger partial charge is 0.390 e. The van der Waals surface area contributed by atoms with Crippen LogP contribution >= 0.6 is 11.6 Å². The van der Waals surface area contributed by atoms with E-state index in [-0.39, 0.29) is 12.1 Å². The summed E-state index contributed by atoms with van der Waals surface area (Å²) in [6, 6.07) is 22.7. The highest BCUT2D eigenvalue weighted by Crippen LogP contribution is 2.19. The van der Waals surface area contributed by atoms with Crippen LogP contribution in [0.5, 0.6) is 0 Å². The Labute approximate surface area is 202 Å². The summed E-state index contributed by atoms with van der Waals surface area (Å²) in [6.07, 6.45) is 0.0769. The van der Waals surface area contributed by atoms with E-state index in [9.17, 15) is 14.7 Å². The molecule has 0 fully saturated rings. The van der Waals surface area contributed by atoms with E-state index in [0.717, 1.165) is 25.1 Å². The van der Waals surface area contributed by atoms with Gasteiger partial charge in [-0.05, 0) is 47.4 Å². The number of hydrogen-bond acceptors (Lipinski definition) is 4. The quantitative estimate of drug-likeness (QED) is 0.464. The van der Waals surface area contributed by atoms with Crippen LogP contribution < -0.4 is 11.2 Å². The van der Waals surface area contributed by atoms with Crippen LogP contribution in [0.25, 0.3) is 10.9 Å². The van der Waals surface area contributed by atoms with Crippen molar-refractivity contribution in [3.05, 3.63) is 115 Å². The lowest BCUT2D eigenvalue weighted by molar-refractivity contribution is 0.0897. The fraction of sp³-hybridized carbons (Fsp3) is 0.259. The second-order valence-corrected chi connectivity index (χ2v) is 9.27. The standard InChI is InChI=1S/C27H26ClN3O3/c28-22-11-9-19(10-12-22)15-30-25-8-4-3-7-24(25)26(33)31(27(30)34)18-23(32)17-29-14-13-20-5-1-2-6-21(20)16-29/h1-12,23,32H,13-18H2. The first kappa shape index (κ1) is 22.6. The molecule has 6 nitrogen and oxygen atoms in total. The third kappa shape index (κ3) is 4.57. The van der Waals surface area contributed by atoms with E-state index in [0.29, 0.717) is 29.0 Å². The van der Waals surface area contributed by atoms with E-state index in [1.807, 2.05) is 30.3 Å². The van der Waals surface area contributed by atoms with Gasteiger partial charge in [0.1, 0.15) is 0 Å². The van der Waals surface area contributed by atoms with Crippen molar-refractivity contribution in [3.8, 4) is 0 Å². The van der Waals surface area contributed by atoms with E-state index < -0.39 is 11.8 Å². The average Bonchev–Trinajstić information content (AvgIpc) is 2.85. The lowest BCUT2D eigenvalue weighted by atomic mass is 10.00. The molecule has 174 valence electrons. The molecule has 2 heterocycles. The Balaban J connectivity index is 1.43. The predicted molar refractivity (Wildman–Crippen MR) is 134 cm³/mol. The van der Waals surface area contributed by atoms with Gasteiger partial charge >= 0.3 is 5.69 Å². The van der Waals surface area contributed by atoms with Crippen molar-refractivity contribution in [1.29, 1.82) is 0 Å². The van der Waals surface area contributed by atoms with Gasteiger partial charge in [0.05, 0.1) is 30.1 Å². The summed E-state index contributed by atoms with van der Waals surface area (Å²) in [5, 5.41) is 11.9. The minimum atomic E-state index is -0.846. The molecule has 5 rings (SSSR count). The Morgan fingerprint density at radius 1 is 0.853 bits per heavy atom. The number of fused-ring (bicyclic) bond motifs is 2. The normalized spacial score (nSPS) is 14.8. The van der Waals surface area contributed by atoms with E-state index in [1.165, 1.54) is 15.7 Å². The van der Waals surface area contributed by atoms with Crippen LogP contribution in [0.2, 0.25) is 5.02 Å². The zero-order valence-corrected chi connectivity index (χ0v) is 19.5. The maximum atomic E-state index is 13.4. The maximum absolute atomic E-state index is 13.4. The Hall–Kier alpha value is -3.19. The molecule has 0 spiro atoms. The third-order valence-corrected chi connectivity index (χ3v) is 6.71. The number of aliphatic hydroxyl groups is 1. The first-order chi connectivity index (χ1) is 16.5. The van der Waals surface area contributed by atoms with Gasteiger partial charge in [0.2, 0.25) is 0 Å². The second kappa shape index (κ2) is 9.58. The summed E-state index contributed by atoms with van der Waals surface area (Å²) < 4.78 is 2.75. The molecule has 4 aromatic rings. The molecule has 0 saturated carbocycles. The summed E-state index contributed by atoms with van der Waals surface area (Å²) in [7, 11) is 0. The minimum Gasteiger partial charge on any atom is -0.390 e. The first-order valence-electron chi connectivity index (χ1n) is 11.4. The molecular weight excluding hydrogens is 450 g/mol. The van der Waals surface area contributed by atoms with Crippen molar-refractivity contribution >= 4 is 22.5 Å². The molecule has 0 aliphatic carbocycles. The van der Waals surface area contributed by atoms with Crippen LogP contribution in [0.1, 0.15) is 16.7 Å². The van der Waals surface area contributed by atoms with E-state index in [2.05, 4.69) is 17.0 Å². The molecular formula is C27H26ClN3O3. The van der Waals surface area contributed by atoms with Crippen LogP contribution in [-0.4, -0.2) is 38.3 Å². The number of para-hydroxylation sites is 1. The van der Waals surface area contributed by atoms with Gasteiger partial charge in [-0.25, -0.2) is 4.79 Å². The summed E-state index contributed by atoms with van der Waals surface area (Å²) in [4.78, 5) is 28.8. The van der Waals surface area contributed by atoms with Gasteiger partial charge < -0.3 is 5.11 Å². The SMILES string of the molecule is O=c1c2ccccc2n(Cc2ccc(Cl)cc2)c(=O)n1CC(O)CN1CCc2ccccc2C1. The smallest absolute Gasteiger partial charge is 0.331 e. The summed E-state index contributed by atoms with van der Waals surface area (Å²) >= 11 is 6.01. The van der Waals surface area contributed by atoms with Crippen molar-refractivity contribution in [2.45, 2.75) is 32.2 Å². The Morgan fingerprint density at radius 3 is 2.35 bits per heavy atom. The fourth-order valence-corrected chi connectivity index (χ4v) is 4.86. The molecule has 0 amide bonds. The molecule has 1 N–H and O–H groups in total. The molecule has 34 heavy (non-hydrogen) atoms. The molecule has 1 aliphatic rings. The lowest BCUT2D eigenvalue weighted by Crippen LogP contribution is -2.45. The van der Waals surface area contributed by atoms with Gasteiger partial charge in [-0.3, -0.25) is 18.8 Å². The van der Waals surface area contributed by atoms with Gasteiger partial charge in [0.25, 0.3) is 5.56 Å². The predicted octanol–water partition coefficient (Wildman–Crippen LogP) is 3.28. The number of β-amino-alcohol motifs (C(OH)–C–C–N with tert-alkyl or cyclic N) is 1. The number of hydrogen-bond donors (Lipinski definition) is 1. The molecule has 0 bridgehead atoms. The molecule has 1 aromatic heterocycles. The number of rotatable bonds is 6. The van der Waals surface area contributed by atoms with Crippen molar-refractivity contribution < 1.29 is 5.11 Å². The molecule has 7 heteroatoms. The third-order valence-electron chi connectivity index (χ3n) is 6.46. The highest BCUT2D eigenvalue weighted by molar-refractivity contribution is 6.30. The van der Waals surface area contributed by atoms with Crippen LogP contribution in [0, 0.1) is 0 Å². The van der Waals surface area contributed by atoms with Crippen molar-refractivity contribution in [2.75, 3.05) is 13.1 Å².